The number of aromatic amines is 1. The first-order valence-electron chi connectivity index (χ1n) is 6.12. The fraction of sp³-hybridized carbons (Fsp3) is 0.0769. The third kappa shape index (κ3) is 2.39. The first kappa shape index (κ1) is 14.4. The maximum absolute atomic E-state index is 14.1. The monoisotopic (exact) mass is 365 g/mol. The van der Waals surface area contributed by atoms with Gasteiger partial charge in [0, 0.05) is 25.6 Å². The van der Waals surface area contributed by atoms with Gasteiger partial charge in [0.05, 0.1) is 21.7 Å². The largest absolute Gasteiger partial charge is 0.344 e. The van der Waals surface area contributed by atoms with Gasteiger partial charge in [0.2, 0.25) is 0 Å². The van der Waals surface area contributed by atoms with Gasteiger partial charge in [-0.25, -0.2) is 14.4 Å². The Bertz CT molecular complexity index is 949. The van der Waals surface area contributed by atoms with E-state index in [0.717, 1.165) is 6.20 Å². The van der Waals surface area contributed by atoms with Crippen LogP contribution in [-0.4, -0.2) is 25.4 Å². The molecule has 1 amide bonds. The van der Waals surface area contributed by atoms with Crippen LogP contribution in [0.4, 0.5) is 10.1 Å². The average molecular weight is 366 g/mol. The summed E-state index contributed by atoms with van der Waals surface area (Å²) in [7, 11) is 1.51. The summed E-state index contributed by atoms with van der Waals surface area (Å²) in [5.41, 5.74) is 0.258. The van der Waals surface area contributed by atoms with E-state index >= 15 is 0 Å². The summed E-state index contributed by atoms with van der Waals surface area (Å²) < 4.78 is 15.6. The third-order valence-corrected chi connectivity index (χ3v) is 3.61. The van der Waals surface area contributed by atoms with Crippen molar-refractivity contribution in [1.82, 2.24) is 19.5 Å². The molecule has 0 spiro atoms. The maximum Gasteiger partial charge on any atom is 0.275 e. The van der Waals surface area contributed by atoms with E-state index in [0.29, 0.717) is 5.65 Å². The molecule has 0 saturated heterocycles. The van der Waals surface area contributed by atoms with Gasteiger partial charge in [0.15, 0.2) is 5.82 Å². The molecule has 0 aliphatic heterocycles. The van der Waals surface area contributed by atoms with Crippen molar-refractivity contribution in [2.75, 3.05) is 5.32 Å². The lowest BCUT2D eigenvalue weighted by Crippen LogP contribution is -2.21. The third-order valence-electron chi connectivity index (χ3n) is 3.05. The van der Waals surface area contributed by atoms with E-state index in [4.69, 9.17) is 0 Å². The van der Waals surface area contributed by atoms with Crippen molar-refractivity contribution in [3.05, 3.63) is 51.1 Å². The molecule has 0 atom stereocenters. The number of nitrogens with one attached hydrogen (secondary N) is 2. The van der Waals surface area contributed by atoms with Crippen molar-refractivity contribution in [3.8, 4) is 0 Å². The Hall–Kier alpha value is -2.55. The lowest BCUT2D eigenvalue weighted by molar-refractivity contribution is 0.102. The number of hydrogen-bond donors (Lipinski definition) is 2. The van der Waals surface area contributed by atoms with Crippen LogP contribution in [0.3, 0.4) is 0 Å². The summed E-state index contributed by atoms with van der Waals surface area (Å²) in [5.74, 6) is -1.09. The summed E-state index contributed by atoms with van der Waals surface area (Å²) in [6.45, 7) is 0. The zero-order chi connectivity index (χ0) is 15.9. The Morgan fingerprint density at radius 3 is 2.91 bits per heavy atom. The fourth-order valence-corrected chi connectivity index (χ4v) is 2.23. The molecule has 0 fully saturated rings. The number of rotatable bonds is 2. The van der Waals surface area contributed by atoms with Gasteiger partial charge in [-0.2, -0.15) is 0 Å². The molecule has 0 aliphatic carbocycles. The van der Waals surface area contributed by atoms with Gasteiger partial charge in [-0.05, 0) is 15.9 Å². The molecule has 0 aliphatic rings. The fourth-order valence-electron chi connectivity index (χ4n) is 1.93. The lowest BCUT2D eigenvalue weighted by Gasteiger charge is -2.05. The van der Waals surface area contributed by atoms with Crippen molar-refractivity contribution < 1.29 is 9.18 Å². The number of pyridine rings is 1. The SMILES string of the molecule is Cn1cc(C(=O)Nc2c[nH]c3ncc(Br)c(F)c23)ncc1=O. The molecule has 3 aromatic heterocycles. The molecule has 3 rings (SSSR count). The van der Waals surface area contributed by atoms with Crippen molar-refractivity contribution in [2.45, 2.75) is 0 Å². The van der Waals surface area contributed by atoms with Gasteiger partial charge in [-0.15, -0.1) is 0 Å². The highest BCUT2D eigenvalue weighted by Crippen LogP contribution is 2.29. The van der Waals surface area contributed by atoms with Gasteiger partial charge in [-0.1, -0.05) is 0 Å². The number of amides is 1. The van der Waals surface area contributed by atoms with Crippen LogP contribution in [0.5, 0.6) is 0 Å². The Kier molecular flexibility index (Phi) is 3.49. The van der Waals surface area contributed by atoms with Gasteiger partial charge < -0.3 is 14.9 Å². The van der Waals surface area contributed by atoms with Crippen LogP contribution in [0.25, 0.3) is 11.0 Å². The summed E-state index contributed by atoms with van der Waals surface area (Å²) >= 11 is 3.05. The highest BCUT2D eigenvalue weighted by molar-refractivity contribution is 9.10. The van der Waals surface area contributed by atoms with E-state index in [1.165, 1.54) is 30.2 Å². The maximum atomic E-state index is 14.1. The van der Waals surface area contributed by atoms with Crippen molar-refractivity contribution >= 4 is 38.6 Å². The normalized spacial score (nSPS) is 10.9. The molecule has 22 heavy (non-hydrogen) atoms. The summed E-state index contributed by atoms with van der Waals surface area (Å²) in [6, 6.07) is 0. The second-order valence-electron chi connectivity index (χ2n) is 4.52. The molecule has 9 heteroatoms. The zero-order valence-corrected chi connectivity index (χ0v) is 12.8. The number of aryl methyl sites for hydroxylation is 1. The number of aromatic nitrogens is 4. The van der Waals surface area contributed by atoms with Crippen LogP contribution in [0.2, 0.25) is 0 Å². The van der Waals surface area contributed by atoms with E-state index in [9.17, 15) is 14.0 Å². The molecule has 3 aromatic rings. The molecule has 0 bridgehead atoms. The quantitative estimate of drug-likeness (QED) is 0.724. The van der Waals surface area contributed by atoms with E-state index in [1.54, 1.807) is 0 Å². The van der Waals surface area contributed by atoms with Crippen LogP contribution in [0.15, 0.2) is 34.1 Å². The smallest absolute Gasteiger partial charge is 0.275 e. The summed E-state index contributed by atoms with van der Waals surface area (Å²) in [5, 5.41) is 2.71. The lowest BCUT2D eigenvalue weighted by atomic mass is 10.3. The molecule has 2 N–H and O–H groups in total. The molecular formula is C13H9BrFN5O2. The topological polar surface area (TPSA) is 92.7 Å². The predicted octanol–water partition coefficient (Wildman–Crippen LogP) is 1.81. The van der Waals surface area contributed by atoms with E-state index in [2.05, 4.69) is 36.2 Å². The number of H-pyrrole nitrogens is 1. The molecular weight excluding hydrogens is 357 g/mol. The molecule has 112 valence electrons. The van der Waals surface area contributed by atoms with Crippen molar-refractivity contribution in [2.24, 2.45) is 7.05 Å². The summed E-state index contributed by atoms with van der Waals surface area (Å²) in [4.78, 5) is 34.0. The van der Waals surface area contributed by atoms with Gasteiger partial charge >= 0.3 is 0 Å². The number of halogens is 2. The number of carbonyl (C=O) groups excluding carboxylic acids is 1. The molecule has 3 heterocycles. The van der Waals surface area contributed by atoms with Crippen LogP contribution in [0.1, 0.15) is 10.5 Å². The number of anilines is 1. The predicted molar refractivity (Wildman–Crippen MR) is 81.2 cm³/mol. The standard InChI is InChI=1S/C13H9BrFN5O2/c1-20-5-8(16-4-9(20)21)13(22)19-7-3-18-12-10(7)11(15)6(14)2-17-12/h2-5H,1H3,(H,17,18)(H,19,22). The Labute approximate surface area is 131 Å². The van der Waals surface area contributed by atoms with Gasteiger partial charge in [-0.3, -0.25) is 9.59 Å². The first-order chi connectivity index (χ1) is 10.5. The van der Waals surface area contributed by atoms with Crippen molar-refractivity contribution in [1.29, 1.82) is 0 Å². The number of fused-ring (bicyclic) bond motifs is 1. The Morgan fingerprint density at radius 2 is 2.18 bits per heavy atom. The number of hydrogen-bond acceptors (Lipinski definition) is 4. The van der Waals surface area contributed by atoms with Crippen LogP contribution >= 0.6 is 15.9 Å². The van der Waals surface area contributed by atoms with Crippen LogP contribution in [-0.2, 0) is 7.05 Å². The van der Waals surface area contributed by atoms with Crippen LogP contribution in [0, 0.1) is 5.82 Å². The molecule has 0 saturated carbocycles. The Balaban J connectivity index is 1.99. The second-order valence-corrected chi connectivity index (χ2v) is 5.38. The molecule has 7 nitrogen and oxygen atoms in total. The Morgan fingerprint density at radius 1 is 1.41 bits per heavy atom. The minimum absolute atomic E-state index is 0.0415. The first-order valence-corrected chi connectivity index (χ1v) is 6.92. The van der Waals surface area contributed by atoms with Gasteiger partial charge in [0.1, 0.15) is 11.3 Å². The summed E-state index contributed by atoms with van der Waals surface area (Å²) in [6.07, 6.45) is 5.11. The van der Waals surface area contributed by atoms with Crippen LogP contribution < -0.4 is 10.9 Å². The molecule has 0 aromatic carbocycles. The van der Waals surface area contributed by atoms with Gasteiger partial charge in [0.25, 0.3) is 11.5 Å². The molecule has 0 radical (unpaired) electrons. The zero-order valence-electron chi connectivity index (χ0n) is 11.2. The number of nitrogens with zero attached hydrogens (tertiary/aromatic N) is 3. The highest BCUT2D eigenvalue weighted by Gasteiger charge is 2.16. The average Bonchev–Trinajstić information content (AvgIpc) is 2.89. The highest BCUT2D eigenvalue weighted by atomic mass is 79.9. The van der Waals surface area contributed by atoms with Crippen molar-refractivity contribution in [3.63, 3.8) is 0 Å². The minimum Gasteiger partial charge on any atom is -0.344 e. The van der Waals surface area contributed by atoms with E-state index in [1.807, 2.05) is 0 Å². The van der Waals surface area contributed by atoms with E-state index in [-0.39, 0.29) is 26.8 Å². The van der Waals surface area contributed by atoms with E-state index < -0.39 is 11.7 Å². The second kappa shape index (κ2) is 5.34. The number of carbonyl (C=O) groups is 1. The molecule has 0 unspecified atom stereocenters. The minimum atomic E-state index is -0.559.